The number of alkyl carbamates (subject to hydrolysis) is 1. The number of carbonyl (C=O) groups excluding carboxylic acids is 1. The van der Waals surface area contributed by atoms with Crippen molar-refractivity contribution in [2.24, 2.45) is 0 Å². The molecule has 0 bridgehead atoms. The number of aliphatic carboxylic acids is 1. The molecule has 0 saturated heterocycles. The van der Waals surface area contributed by atoms with Gasteiger partial charge >= 0.3 is 17.9 Å². The molecule has 1 unspecified atom stereocenters. The van der Waals surface area contributed by atoms with Crippen LogP contribution in [0.5, 0.6) is 0 Å². The van der Waals surface area contributed by atoms with Crippen LogP contribution in [0.3, 0.4) is 0 Å². The van der Waals surface area contributed by atoms with Gasteiger partial charge in [0.25, 0.3) is 0 Å². The number of carboxylic acids is 1. The smallest absolute Gasteiger partial charge is 0.407 e. The molecular weight excluding hydrogens is 480 g/mol. The Hall–Kier alpha value is -4.93. The van der Waals surface area contributed by atoms with Crippen LogP contribution >= 0.6 is 0 Å². The average molecular weight is 502 g/mol. The molecule has 37 heavy (non-hydrogen) atoms. The number of amides is 1. The average Bonchev–Trinajstić information content (AvgIpc) is 3.61. The first-order valence-corrected chi connectivity index (χ1v) is 11.5. The summed E-state index contributed by atoms with van der Waals surface area (Å²) < 4.78 is 12.4. The standard InChI is InChI=1S/C26H22N4O7/c31-25(32)23(13-16-9-10-17(37-16)14-29-12-11-24(28-29)30(34)35)27-26(33)36-15-22-20-7-3-1-5-18(20)19-6-2-4-8-21(19)22/h1-12,22-23H,13-15H2,(H,27,33)(H,31,32). The van der Waals surface area contributed by atoms with E-state index in [4.69, 9.17) is 9.15 Å². The SMILES string of the molecule is O=C(NC(Cc1ccc(Cn2ccc([N+](=O)[O-])n2)o1)C(=O)O)OCC1c2ccccc2-c2ccccc21. The molecule has 2 aromatic carbocycles. The van der Waals surface area contributed by atoms with Gasteiger partial charge < -0.3 is 29.7 Å². The molecule has 1 aliphatic carbocycles. The third kappa shape index (κ3) is 5.06. The minimum Gasteiger partial charge on any atom is -0.480 e. The number of carboxylic acid groups (broad SMARTS) is 1. The molecule has 1 atom stereocenters. The van der Waals surface area contributed by atoms with Gasteiger partial charge in [0.05, 0.1) is 17.4 Å². The number of nitrogens with one attached hydrogen (secondary N) is 1. The molecule has 2 N–H and O–H groups in total. The predicted octanol–water partition coefficient (Wildman–Crippen LogP) is 3.97. The maximum atomic E-state index is 12.5. The molecular formula is C26H22N4O7. The van der Waals surface area contributed by atoms with E-state index in [1.165, 1.54) is 16.9 Å². The highest BCUT2D eigenvalue weighted by Crippen LogP contribution is 2.44. The molecule has 0 fully saturated rings. The first-order chi connectivity index (χ1) is 17.9. The number of fused-ring (bicyclic) bond motifs is 3. The summed E-state index contributed by atoms with van der Waals surface area (Å²) in [5.74, 6) is -0.923. The van der Waals surface area contributed by atoms with Gasteiger partial charge in [-0.15, -0.1) is 0 Å². The van der Waals surface area contributed by atoms with Gasteiger partial charge in [0.1, 0.15) is 30.7 Å². The van der Waals surface area contributed by atoms with Crippen molar-refractivity contribution in [3.63, 3.8) is 0 Å². The van der Waals surface area contributed by atoms with E-state index in [0.29, 0.717) is 11.5 Å². The number of furan rings is 1. The summed E-state index contributed by atoms with van der Waals surface area (Å²) >= 11 is 0. The molecule has 2 heterocycles. The van der Waals surface area contributed by atoms with Crippen molar-refractivity contribution in [1.29, 1.82) is 0 Å². The number of hydrogen-bond donors (Lipinski definition) is 2. The number of aromatic nitrogens is 2. The van der Waals surface area contributed by atoms with E-state index in [1.807, 2.05) is 48.5 Å². The summed E-state index contributed by atoms with van der Waals surface area (Å²) in [4.78, 5) is 34.5. The molecule has 0 aliphatic heterocycles. The van der Waals surface area contributed by atoms with Gasteiger partial charge in [-0.3, -0.25) is 0 Å². The van der Waals surface area contributed by atoms with E-state index in [9.17, 15) is 24.8 Å². The Bertz CT molecular complexity index is 1430. The second-order valence-corrected chi connectivity index (χ2v) is 8.56. The highest BCUT2D eigenvalue weighted by atomic mass is 16.6. The van der Waals surface area contributed by atoms with E-state index in [-0.39, 0.29) is 31.3 Å². The van der Waals surface area contributed by atoms with E-state index < -0.39 is 23.0 Å². The molecule has 5 rings (SSSR count). The maximum absolute atomic E-state index is 12.5. The minimum absolute atomic E-state index is 0.0626. The van der Waals surface area contributed by atoms with Crippen molar-refractivity contribution < 1.29 is 28.8 Å². The summed E-state index contributed by atoms with van der Waals surface area (Å²) in [6.45, 7) is 0.193. The lowest BCUT2D eigenvalue weighted by Gasteiger charge is -2.17. The number of hydrogen-bond acceptors (Lipinski definition) is 7. The summed E-state index contributed by atoms with van der Waals surface area (Å²) in [5.41, 5.74) is 4.29. The van der Waals surface area contributed by atoms with Crippen LogP contribution in [0.15, 0.2) is 77.3 Å². The fraction of sp³-hybridized carbons (Fsp3) is 0.192. The molecule has 2 aromatic heterocycles. The van der Waals surface area contributed by atoms with Crippen LogP contribution in [0.25, 0.3) is 11.1 Å². The largest absolute Gasteiger partial charge is 0.480 e. The Kier molecular flexibility index (Phi) is 6.42. The third-order valence-electron chi connectivity index (χ3n) is 6.19. The number of benzene rings is 2. The van der Waals surface area contributed by atoms with E-state index in [0.717, 1.165) is 22.3 Å². The zero-order valence-electron chi connectivity index (χ0n) is 19.4. The highest BCUT2D eigenvalue weighted by Gasteiger charge is 2.30. The maximum Gasteiger partial charge on any atom is 0.407 e. The zero-order chi connectivity index (χ0) is 25.9. The topological polar surface area (TPSA) is 150 Å². The highest BCUT2D eigenvalue weighted by molar-refractivity contribution is 5.81. The molecule has 4 aromatic rings. The van der Waals surface area contributed by atoms with Gasteiger partial charge in [0.2, 0.25) is 0 Å². The fourth-order valence-corrected chi connectivity index (χ4v) is 4.50. The Labute approximate surface area is 210 Å². The quantitative estimate of drug-likeness (QED) is 0.258. The number of carbonyl (C=O) groups is 2. The molecule has 11 heteroatoms. The van der Waals surface area contributed by atoms with Crippen LogP contribution in [0.2, 0.25) is 0 Å². The van der Waals surface area contributed by atoms with Gasteiger partial charge in [0, 0.05) is 12.3 Å². The second-order valence-electron chi connectivity index (χ2n) is 8.56. The number of nitro groups is 1. The van der Waals surface area contributed by atoms with Gasteiger partial charge in [-0.05, 0) is 39.3 Å². The van der Waals surface area contributed by atoms with Crippen molar-refractivity contribution >= 4 is 17.9 Å². The number of ether oxygens (including phenoxy) is 1. The first-order valence-electron chi connectivity index (χ1n) is 11.5. The third-order valence-corrected chi connectivity index (χ3v) is 6.19. The molecule has 0 radical (unpaired) electrons. The van der Waals surface area contributed by atoms with Crippen molar-refractivity contribution in [3.8, 4) is 11.1 Å². The van der Waals surface area contributed by atoms with Crippen LogP contribution in [-0.4, -0.2) is 44.5 Å². The predicted molar refractivity (Wildman–Crippen MR) is 130 cm³/mol. The first kappa shape index (κ1) is 23.8. The van der Waals surface area contributed by atoms with E-state index >= 15 is 0 Å². The van der Waals surface area contributed by atoms with Gasteiger partial charge in [-0.2, -0.15) is 4.68 Å². The van der Waals surface area contributed by atoms with Crippen molar-refractivity contribution in [2.45, 2.75) is 24.9 Å². The van der Waals surface area contributed by atoms with Crippen LogP contribution in [0.4, 0.5) is 10.6 Å². The number of nitrogens with zero attached hydrogens (tertiary/aromatic N) is 3. The van der Waals surface area contributed by atoms with Gasteiger partial charge in [-0.25, -0.2) is 9.59 Å². The van der Waals surface area contributed by atoms with Crippen LogP contribution in [-0.2, 0) is 22.5 Å². The molecule has 1 amide bonds. The van der Waals surface area contributed by atoms with E-state index in [2.05, 4.69) is 10.4 Å². The Morgan fingerprint density at radius 1 is 1.05 bits per heavy atom. The monoisotopic (exact) mass is 502 g/mol. The van der Waals surface area contributed by atoms with Gasteiger partial charge in [0.15, 0.2) is 0 Å². The lowest BCUT2D eigenvalue weighted by atomic mass is 9.98. The Morgan fingerprint density at radius 3 is 2.32 bits per heavy atom. The molecule has 0 spiro atoms. The molecule has 0 saturated carbocycles. The van der Waals surface area contributed by atoms with Crippen LogP contribution < -0.4 is 5.32 Å². The summed E-state index contributed by atoms with van der Waals surface area (Å²) in [5, 5.41) is 26.6. The van der Waals surface area contributed by atoms with Gasteiger partial charge in [-0.1, -0.05) is 48.5 Å². The van der Waals surface area contributed by atoms with Crippen LogP contribution in [0, 0.1) is 10.1 Å². The van der Waals surface area contributed by atoms with Crippen molar-refractivity contribution in [3.05, 3.63) is 106 Å². The second kappa shape index (κ2) is 9.97. The summed E-state index contributed by atoms with van der Waals surface area (Å²) in [6, 6.07) is 19.0. The van der Waals surface area contributed by atoms with Crippen LogP contribution in [0.1, 0.15) is 28.6 Å². The Balaban J connectivity index is 1.20. The van der Waals surface area contributed by atoms with Crippen molar-refractivity contribution in [1.82, 2.24) is 15.1 Å². The fourth-order valence-electron chi connectivity index (χ4n) is 4.50. The molecule has 11 nitrogen and oxygen atoms in total. The number of rotatable bonds is 9. The molecule has 188 valence electrons. The Morgan fingerprint density at radius 2 is 1.70 bits per heavy atom. The summed E-state index contributed by atoms with van der Waals surface area (Å²) in [7, 11) is 0. The minimum atomic E-state index is -1.28. The van der Waals surface area contributed by atoms with E-state index in [1.54, 1.807) is 12.1 Å². The lowest BCUT2D eigenvalue weighted by Crippen LogP contribution is -2.42. The molecule has 1 aliphatic rings. The zero-order valence-corrected chi connectivity index (χ0v) is 19.4. The van der Waals surface area contributed by atoms with Crippen molar-refractivity contribution in [2.75, 3.05) is 6.61 Å². The summed E-state index contributed by atoms with van der Waals surface area (Å²) in [6.07, 6.45) is 0.489. The normalized spacial score (nSPS) is 13.0. The lowest BCUT2D eigenvalue weighted by molar-refractivity contribution is -0.389.